The van der Waals surface area contributed by atoms with Crippen molar-refractivity contribution in [2.45, 2.75) is 19.9 Å². The Balaban J connectivity index is 2.07. The lowest BCUT2D eigenvalue weighted by atomic mass is 10.1. The van der Waals surface area contributed by atoms with Crippen molar-refractivity contribution in [2.24, 2.45) is 0 Å². The summed E-state index contributed by atoms with van der Waals surface area (Å²) in [6.45, 7) is 2.50. The van der Waals surface area contributed by atoms with Crippen molar-refractivity contribution in [1.29, 1.82) is 0 Å². The molecule has 0 aliphatic heterocycles. The van der Waals surface area contributed by atoms with Crippen LogP contribution in [0.2, 0.25) is 0 Å². The van der Waals surface area contributed by atoms with Crippen molar-refractivity contribution in [3.8, 4) is 0 Å². The third kappa shape index (κ3) is 3.54. The number of benzene rings is 1. The molecule has 0 unspecified atom stereocenters. The average Bonchev–Trinajstić information content (AvgIpc) is 2.47. The number of rotatable bonds is 5. The molecule has 1 heterocycles. The van der Waals surface area contributed by atoms with Gasteiger partial charge in [0, 0.05) is 12.6 Å². The summed E-state index contributed by atoms with van der Waals surface area (Å²) in [4.78, 5) is 27.3. The van der Waals surface area contributed by atoms with E-state index in [1.165, 1.54) is 17.0 Å². The summed E-state index contributed by atoms with van der Waals surface area (Å²) in [6, 6.07) is 11.1. The first-order valence-electron chi connectivity index (χ1n) is 6.48. The van der Waals surface area contributed by atoms with Crippen LogP contribution >= 0.6 is 0 Å². The minimum Gasteiger partial charge on any atom is -0.461 e. The monoisotopic (exact) mass is 272 g/mol. The summed E-state index contributed by atoms with van der Waals surface area (Å²) < 4.78 is 6.28. The lowest BCUT2D eigenvalue weighted by Gasteiger charge is -2.06. The Hall–Kier alpha value is -2.43. The van der Waals surface area contributed by atoms with Crippen LogP contribution in [0.3, 0.4) is 0 Å². The van der Waals surface area contributed by atoms with Gasteiger partial charge < -0.3 is 4.74 Å². The van der Waals surface area contributed by atoms with E-state index in [4.69, 9.17) is 4.74 Å². The summed E-state index contributed by atoms with van der Waals surface area (Å²) >= 11 is 0. The van der Waals surface area contributed by atoms with Crippen LogP contribution < -0.4 is 5.56 Å². The van der Waals surface area contributed by atoms with E-state index in [9.17, 15) is 9.59 Å². The maximum atomic E-state index is 11.9. The standard InChI is InChI=1S/C15H16N2O3/c1-2-20-15(19)13-10-14(18)17(11-16-13)9-8-12-6-4-3-5-7-12/h3-7,10-11H,2,8-9H2,1H3. The second kappa shape index (κ2) is 6.65. The zero-order chi connectivity index (χ0) is 14.4. The van der Waals surface area contributed by atoms with Crippen LogP contribution in [0.15, 0.2) is 47.5 Å². The van der Waals surface area contributed by atoms with Crippen molar-refractivity contribution >= 4 is 5.97 Å². The van der Waals surface area contributed by atoms with E-state index in [1.54, 1.807) is 6.92 Å². The molecule has 20 heavy (non-hydrogen) atoms. The SMILES string of the molecule is CCOC(=O)c1cc(=O)n(CCc2ccccc2)cn1. The summed E-state index contributed by atoms with van der Waals surface area (Å²) in [5, 5.41) is 0. The first-order valence-corrected chi connectivity index (χ1v) is 6.48. The zero-order valence-corrected chi connectivity index (χ0v) is 11.3. The highest BCUT2D eigenvalue weighted by molar-refractivity contribution is 5.86. The quantitative estimate of drug-likeness (QED) is 0.777. The normalized spacial score (nSPS) is 10.2. The van der Waals surface area contributed by atoms with Crippen molar-refractivity contribution in [1.82, 2.24) is 9.55 Å². The predicted molar refractivity (Wildman–Crippen MR) is 74.6 cm³/mol. The molecule has 0 N–H and O–H groups in total. The van der Waals surface area contributed by atoms with Crippen LogP contribution in [-0.4, -0.2) is 22.1 Å². The minimum absolute atomic E-state index is 0.0489. The van der Waals surface area contributed by atoms with E-state index >= 15 is 0 Å². The van der Waals surface area contributed by atoms with Gasteiger partial charge in [-0.1, -0.05) is 30.3 Å². The summed E-state index contributed by atoms with van der Waals surface area (Å²) in [7, 11) is 0. The highest BCUT2D eigenvalue weighted by Crippen LogP contribution is 2.01. The van der Waals surface area contributed by atoms with E-state index < -0.39 is 5.97 Å². The van der Waals surface area contributed by atoms with Crippen molar-refractivity contribution in [2.75, 3.05) is 6.61 Å². The topological polar surface area (TPSA) is 61.2 Å². The molecule has 0 amide bonds. The van der Waals surface area contributed by atoms with E-state index in [-0.39, 0.29) is 17.9 Å². The first kappa shape index (κ1) is 14.0. The number of esters is 1. The molecule has 0 saturated carbocycles. The fourth-order valence-corrected chi connectivity index (χ4v) is 1.80. The molecule has 104 valence electrons. The summed E-state index contributed by atoms with van der Waals surface area (Å²) in [5.41, 5.74) is 0.945. The lowest BCUT2D eigenvalue weighted by Crippen LogP contribution is -2.23. The van der Waals surface area contributed by atoms with E-state index in [0.29, 0.717) is 6.54 Å². The molecule has 0 radical (unpaired) electrons. The Morgan fingerprint density at radius 2 is 2.05 bits per heavy atom. The number of carbonyl (C=O) groups is 1. The van der Waals surface area contributed by atoms with Gasteiger partial charge in [0.15, 0.2) is 5.69 Å². The van der Waals surface area contributed by atoms with Crippen LogP contribution in [0.25, 0.3) is 0 Å². The second-order valence-electron chi connectivity index (χ2n) is 4.26. The molecule has 0 aliphatic rings. The Labute approximate surface area is 116 Å². The average molecular weight is 272 g/mol. The molecule has 1 aromatic heterocycles. The van der Waals surface area contributed by atoms with Crippen LogP contribution in [0.5, 0.6) is 0 Å². The predicted octanol–water partition coefficient (Wildman–Crippen LogP) is 1.66. The van der Waals surface area contributed by atoms with E-state index in [0.717, 1.165) is 12.0 Å². The Morgan fingerprint density at radius 1 is 1.30 bits per heavy atom. The molecule has 5 nitrogen and oxygen atoms in total. The Morgan fingerprint density at radius 3 is 2.70 bits per heavy atom. The molecule has 5 heteroatoms. The number of aromatic nitrogens is 2. The molecule has 0 bridgehead atoms. The van der Waals surface area contributed by atoms with Gasteiger partial charge in [-0.2, -0.15) is 0 Å². The second-order valence-corrected chi connectivity index (χ2v) is 4.26. The number of hydrogen-bond donors (Lipinski definition) is 0. The molecular formula is C15H16N2O3. The molecule has 0 spiro atoms. The Kier molecular flexibility index (Phi) is 4.65. The number of nitrogens with zero attached hydrogens (tertiary/aromatic N) is 2. The molecule has 0 saturated heterocycles. The van der Waals surface area contributed by atoms with Gasteiger partial charge in [0.25, 0.3) is 5.56 Å². The Bertz CT molecular complexity index is 635. The van der Waals surface area contributed by atoms with Crippen LogP contribution in [0.4, 0.5) is 0 Å². The number of ether oxygens (including phenoxy) is 1. The van der Waals surface area contributed by atoms with Crippen LogP contribution in [0.1, 0.15) is 23.0 Å². The maximum absolute atomic E-state index is 11.9. The maximum Gasteiger partial charge on any atom is 0.357 e. The molecule has 0 aliphatic carbocycles. The van der Waals surface area contributed by atoms with Crippen molar-refractivity contribution < 1.29 is 9.53 Å². The molecule has 2 rings (SSSR count). The van der Waals surface area contributed by atoms with Gasteiger partial charge in [0.1, 0.15) is 0 Å². The molecule has 2 aromatic rings. The van der Waals surface area contributed by atoms with Gasteiger partial charge in [-0.3, -0.25) is 9.36 Å². The largest absolute Gasteiger partial charge is 0.461 e. The van der Waals surface area contributed by atoms with Gasteiger partial charge in [-0.25, -0.2) is 9.78 Å². The molecule has 0 fully saturated rings. The van der Waals surface area contributed by atoms with Gasteiger partial charge in [0.2, 0.25) is 0 Å². The van der Waals surface area contributed by atoms with Crippen molar-refractivity contribution in [3.63, 3.8) is 0 Å². The molecule has 1 aromatic carbocycles. The van der Waals surface area contributed by atoms with Gasteiger partial charge in [0.05, 0.1) is 12.9 Å². The van der Waals surface area contributed by atoms with Crippen LogP contribution in [0, 0.1) is 0 Å². The number of carbonyl (C=O) groups excluding carboxylic acids is 1. The minimum atomic E-state index is -0.570. The highest BCUT2D eigenvalue weighted by atomic mass is 16.5. The van der Waals surface area contributed by atoms with Crippen LogP contribution in [-0.2, 0) is 17.7 Å². The van der Waals surface area contributed by atoms with Gasteiger partial charge >= 0.3 is 5.97 Å². The number of hydrogen-bond acceptors (Lipinski definition) is 4. The van der Waals surface area contributed by atoms with Gasteiger partial charge in [-0.05, 0) is 18.9 Å². The van der Waals surface area contributed by atoms with Crippen molar-refractivity contribution in [3.05, 3.63) is 64.3 Å². The molecular weight excluding hydrogens is 256 g/mol. The fraction of sp³-hybridized carbons (Fsp3) is 0.267. The summed E-state index contributed by atoms with van der Waals surface area (Å²) in [6.07, 6.45) is 2.12. The smallest absolute Gasteiger partial charge is 0.357 e. The van der Waals surface area contributed by atoms with E-state index in [2.05, 4.69) is 4.98 Å². The summed E-state index contributed by atoms with van der Waals surface area (Å²) in [5.74, 6) is -0.570. The zero-order valence-electron chi connectivity index (χ0n) is 11.3. The third-order valence-corrected chi connectivity index (χ3v) is 2.85. The third-order valence-electron chi connectivity index (χ3n) is 2.85. The first-order chi connectivity index (χ1) is 9.70. The lowest BCUT2D eigenvalue weighted by molar-refractivity contribution is 0.0519. The number of aryl methyl sites for hydroxylation is 2. The fourth-order valence-electron chi connectivity index (χ4n) is 1.80. The van der Waals surface area contributed by atoms with E-state index in [1.807, 2.05) is 30.3 Å². The highest BCUT2D eigenvalue weighted by Gasteiger charge is 2.09. The molecule has 0 atom stereocenters. The van der Waals surface area contributed by atoms with Gasteiger partial charge in [-0.15, -0.1) is 0 Å².